The van der Waals surface area contributed by atoms with E-state index in [2.05, 4.69) is 36.5 Å². The number of hydrogen-bond acceptors (Lipinski definition) is 4. The fourth-order valence-corrected chi connectivity index (χ4v) is 3.39. The number of nitrogens with one attached hydrogen (secondary N) is 1. The first kappa shape index (κ1) is 14.3. The Hall–Kier alpha value is -1.07. The summed E-state index contributed by atoms with van der Waals surface area (Å²) < 4.78 is 0. The summed E-state index contributed by atoms with van der Waals surface area (Å²) in [5, 5.41) is 15.3. The maximum absolute atomic E-state index is 8.64. The van der Waals surface area contributed by atoms with Crippen LogP contribution in [0, 0.1) is 12.3 Å². The van der Waals surface area contributed by atoms with Gasteiger partial charge in [-0.05, 0) is 50.7 Å². The molecule has 0 spiro atoms. The molecule has 1 aliphatic carbocycles. The third-order valence-electron chi connectivity index (χ3n) is 3.77. The van der Waals surface area contributed by atoms with Gasteiger partial charge in [-0.25, -0.2) is 0 Å². The summed E-state index contributed by atoms with van der Waals surface area (Å²) in [6, 6.07) is 4.84. The molecule has 0 saturated heterocycles. The number of hydrogen-bond donors (Lipinski definition) is 3. The lowest BCUT2D eigenvalue weighted by Gasteiger charge is -2.19. The van der Waals surface area contributed by atoms with E-state index >= 15 is 0 Å². The van der Waals surface area contributed by atoms with Crippen molar-refractivity contribution in [2.24, 2.45) is 16.3 Å². The lowest BCUT2D eigenvalue weighted by Crippen LogP contribution is -2.35. The van der Waals surface area contributed by atoms with Crippen LogP contribution in [0.3, 0.4) is 0 Å². The predicted molar refractivity (Wildman–Crippen MR) is 79.9 cm³/mol. The Balaban J connectivity index is 1.76. The Morgan fingerprint density at radius 1 is 1.58 bits per heavy atom. The minimum Gasteiger partial charge on any atom is -0.409 e. The van der Waals surface area contributed by atoms with E-state index in [0.717, 1.165) is 13.0 Å². The molecule has 5 heteroatoms. The van der Waals surface area contributed by atoms with Crippen LogP contribution >= 0.6 is 11.3 Å². The van der Waals surface area contributed by atoms with Gasteiger partial charge in [-0.15, -0.1) is 11.3 Å². The minimum absolute atomic E-state index is 0.232. The monoisotopic (exact) mass is 281 g/mol. The van der Waals surface area contributed by atoms with Crippen molar-refractivity contribution >= 4 is 17.2 Å². The van der Waals surface area contributed by atoms with Gasteiger partial charge in [0.25, 0.3) is 0 Å². The Morgan fingerprint density at radius 2 is 2.32 bits per heavy atom. The summed E-state index contributed by atoms with van der Waals surface area (Å²) in [6.45, 7) is 5.31. The van der Waals surface area contributed by atoms with Crippen LogP contribution in [-0.4, -0.2) is 23.6 Å². The topological polar surface area (TPSA) is 70.6 Å². The molecule has 4 nitrogen and oxygen atoms in total. The van der Waals surface area contributed by atoms with Crippen molar-refractivity contribution in [1.82, 2.24) is 5.32 Å². The number of nitrogens with zero attached hydrogens (tertiary/aromatic N) is 1. The van der Waals surface area contributed by atoms with Gasteiger partial charge in [-0.2, -0.15) is 0 Å². The van der Waals surface area contributed by atoms with E-state index in [4.69, 9.17) is 10.9 Å². The summed E-state index contributed by atoms with van der Waals surface area (Å²) >= 11 is 1.87. The highest BCUT2D eigenvalue weighted by molar-refractivity contribution is 7.11. The van der Waals surface area contributed by atoms with E-state index in [1.807, 2.05) is 11.3 Å². The number of thiophene rings is 1. The van der Waals surface area contributed by atoms with Crippen molar-refractivity contribution in [1.29, 1.82) is 0 Å². The second kappa shape index (κ2) is 5.92. The standard InChI is InChI=1S/C14H23N3OS/c1-10(7-12-4-3-11(2)19-12)16-9-14(5-6-14)8-13(15)17-18/h3-4,10,16,18H,5-9H2,1-2H3,(H2,15,17). The molecule has 0 bridgehead atoms. The van der Waals surface area contributed by atoms with E-state index in [1.54, 1.807) is 0 Å². The SMILES string of the molecule is Cc1ccc(CC(C)NCC2(CC(N)=NO)CC2)s1. The summed E-state index contributed by atoms with van der Waals surface area (Å²) in [6.07, 6.45) is 4.10. The molecule has 0 radical (unpaired) electrons. The smallest absolute Gasteiger partial charge is 0.139 e. The highest BCUT2D eigenvalue weighted by Crippen LogP contribution is 2.48. The van der Waals surface area contributed by atoms with Gasteiger partial charge >= 0.3 is 0 Å². The van der Waals surface area contributed by atoms with Crippen molar-refractivity contribution in [2.75, 3.05) is 6.54 Å². The molecule has 0 aliphatic heterocycles. The first-order chi connectivity index (χ1) is 9.03. The summed E-state index contributed by atoms with van der Waals surface area (Å²) in [5.74, 6) is 0.348. The molecular weight excluding hydrogens is 258 g/mol. The summed E-state index contributed by atoms with van der Waals surface area (Å²) in [5.41, 5.74) is 5.84. The van der Waals surface area contributed by atoms with Crippen LogP contribution in [0.4, 0.5) is 0 Å². The fraction of sp³-hybridized carbons (Fsp3) is 0.643. The van der Waals surface area contributed by atoms with Crippen LogP contribution in [0.25, 0.3) is 0 Å². The lowest BCUT2D eigenvalue weighted by molar-refractivity contribution is 0.313. The number of rotatable bonds is 7. The van der Waals surface area contributed by atoms with Crippen LogP contribution in [0.5, 0.6) is 0 Å². The van der Waals surface area contributed by atoms with E-state index in [1.165, 1.54) is 22.6 Å². The normalized spacial score (nSPS) is 19.4. The molecule has 4 N–H and O–H groups in total. The van der Waals surface area contributed by atoms with Gasteiger partial charge in [0.1, 0.15) is 5.84 Å². The summed E-state index contributed by atoms with van der Waals surface area (Å²) in [4.78, 5) is 2.80. The van der Waals surface area contributed by atoms with Gasteiger partial charge in [0.15, 0.2) is 0 Å². The molecule has 1 saturated carbocycles. The zero-order valence-electron chi connectivity index (χ0n) is 11.6. The molecule has 1 unspecified atom stereocenters. The van der Waals surface area contributed by atoms with Crippen LogP contribution < -0.4 is 11.1 Å². The van der Waals surface area contributed by atoms with Gasteiger partial charge in [0.2, 0.25) is 0 Å². The largest absolute Gasteiger partial charge is 0.409 e. The van der Waals surface area contributed by atoms with E-state index in [-0.39, 0.29) is 5.41 Å². The highest BCUT2D eigenvalue weighted by Gasteiger charge is 2.43. The van der Waals surface area contributed by atoms with Gasteiger partial charge < -0.3 is 16.3 Å². The molecule has 1 fully saturated rings. The Bertz CT molecular complexity index is 451. The Morgan fingerprint density at radius 3 is 2.84 bits per heavy atom. The zero-order valence-corrected chi connectivity index (χ0v) is 12.5. The number of amidine groups is 1. The van der Waals surface area contributed by atoms with Gasteiger partial charge in [0, 0.05) is 28.8 Å². The van der Waals surface area contributed by atoms with E-state index in [0.29, 0.717) is 18.3 Å². The maximum atomic E-state index is 8.64. The van der Waals surface area contributed by atoms with Gasteiger partial charge in [-0.3, -0.25) is 0 Å². The first-order valence-electron chi connectivity index (χ1n) is 6.78. The molecule has 19 heavy (non-hydrogen) atoms. The Labute approximate surface area is 118 Å². The minimum atomic E-state index is 0.232. The molecule has 1 aliphatic rings. The van der Waals surface area contributed by atoms with Crippen LogP contribution in [0.1, 0.15) is 35.9 Å². The maximum Gasteiger partial charge on any atom is 0.139 e. The average molecular weight is 281 g/mol. The molecule has 106 valence electrons. The lowest BCUT2D eigenvalue weighted by atomic mass is 10.0. The van der Waals surface area contributed by atoms with Crippen LogP contribution in [-0.2, 0) is 6.42 Å². The van der Waals surface area contributed by atoms with Crippen molar-refractivity contribution in [2.45, 2.75) is 45.6 Å². The van der Waals surface area contributed by atoms with Gasteiger partial charge in [0.05, 0.1) is 0 Å². The zero-order chi connectivity index (χ0) is 13.9. The first-order valence-corrected chi connectivity index (χ1v) is 7.60. The molecule has 0 aromatic carbocycles. The van der Waals surface area contributed by atoms with Crippen molar-refractivity contribution < 1.29 is 5.21 Å². The van der Waals surface area contributed by atoms with Crippen molar-refractivity contribution in [3.8, 4) is 0 Å². The molecular formula is C14H23N3OS. The number of nitrogens with two attached hydrogens (primary N) is 1. The number of oxime groups is 1. The second-order valence-corrected chi connectivity index (χ2v) is 7.14. The summed E-state index contributed by atoms with van der Waals surface area (Å²) in [7, 11) is 0. The van der Waals surface area contributed by atoms with Crippen LogP contribution in [0.2, 0.25) is 0 Å². The van der Waals surface area contributed by atoms with E-state index < -0.39 is 0 Å². The molecule has 1 aromatic heterocycles. The molecule has 1 atom stereocenters. The predicted octanol–water partition coefficient (Wildman–Crippen LogP) is 2.49. The molecule has 2 rings (SSSR count). The van der Waals surface area contributed by atoms with Gasteiger partial charge in [-0.1, -0.05) is 5.16 Å². The van der Waals surface area contributed by atoms with Crippen molar-refractivity contribution in [3.63, 3.8) is 0 Å². The molecule has 0 amide bonds. The fourth-order valence-electron chi connectivity index (χ4n) is 2.37. The number of aryl methyl sites for hydroxylation is 1. The molecule has 1 aromatic rings. The third kappa shape index (κ3) is 4.21. The Kier molecular flexibility index (Phi) is 4.47. The van der Waals surface area contributed by atoms with E-state index in [9.17, 15) is 0 Å². The van der Waals surface area contributed by atoms with Crippen LogP contribution in [0.15, 0.2) is 17.3 Å². The quantitative estimate of drug-likeness (QED) is 0.311. The van der Waals surface area contributed by atoms with Crippen molar-refractivity contribution in [3.05, 3.63) is 21.9 Å². The highest BCUT2D eigenvalue weighted by atomic mass is 32.1. The second-order valence-electron chi connectivity index (χ2n) is 5.77. The molecule has 1 heterocycles. The average Bonchev–Trinajstić information content (AvgIpc) is 3.02. The third-order valence-corrected chi connectivity index (χ3v) is 4.79.